The molecule has 0 heterocycles. The molecule has 0 bridgehead atoms. The normalized spacial score (nSPS) is 11.1. The Labute approximate surface area is 63.1 Å². The van der Waals surface area contributed by atoms with Crippen LogP contribution in [0, 0.1) is 0 Å². The molecule has 0 unspecified atom stereocenters. The van der Waals surface area contributed by atoms with E-state index < -0.39 is 0 Å². The number of rotatable bonds is 5. The van der Waals surface area contributed by atoms with Crippen LogP contribution < -0.4 is 5.73 Å². The maximum absolute atomic E-state index is 5.74. The number of nitrogens with two attached hydrogens (primary N) is 1. The lowest BCUT2D eigenvalue weighted by Crippen LogP contribution is -2.31. The molecule has 0 radical (unpaired) electrons. The third-order valence-electron chi connectivity index (χ3n) is 1.20. The van der Waals surface area contributed by atoms with Crippen molar-refractivity contribution in [3.8, 4) is 0 Å². The van der Waals surface area contributed by atoms with Gasteiger partial charge in [-0.05, 0) is 26.7 Å². The first-order chi connectivity index (χ1) is 4.56. The van der Waals surface area contributed by atoms with Crippen LogP contribution in [-0.4, -0.2) is 12.1 Å². The highest BCUT2D eigenvalue weighted by molar-refractivity contribution is 4.70. The van der Waals surface area contributed by atoms with Gasteiger partial charge in [0.2, 0.25) is 0 Å². The van der Waals surface area contributed by atoms with Crippen molar-refractivity contribution in [2.75, 3.05) is 6.61 Å². The second kappa shape index (κ2) is 4.34. The lowest BCUT2D eigenvalue weighted by atomic mass is 10.0. The molecule has 0 aromatic carbocycles. The second-order valence-corrected chi connectivity index (χ2v) is 3.13. The molecule has 0 aliphatic heterocycles. The van der Waals surface area contributed by atoms with Crippen LogP contribution in [0.5, 0.6) is 0 Å². The Morgan fingerprint density at radius 2 is 2.20 bits per heavy atom. The number of ether oxygens (including phenoxy) is 1. The first kappa shape index (κ1) is 9.50. The van der Waals surface area contributed by atoms with Gasteiger partial charge in [-0.15, -0.1) is 0 Å². The summed E-state index contributed by atoms with van der Waals surface area (Å²) in [4.78, 5) is 0. The van der Waals surface area contributed by atoms with Crippen molar-refractivity contribution in [2.24, 2.45) is 5.73 Å². The predicted octanol–water partition coefficient (Wildman–Crippen LogP) is 1.66. The van der Waals surface area contributed by atoms with Crippen LogP contribution in [0.15, 0.2) is 12.8 Å². The molecule has 2 heteroatoms. The van der Waals surface area contributed by atoms with Crippen molar-refractivity contribution in [2.45, 2.75) is 32.2 Å². The first-order valence-electron chi connectivity index (χ1n) is 3.57. The molecule has 0 fully saturated rings. The van der Waals surface area contributed by atoms with Gasteiger partial charge in [0.05, 0.1) is 12.9 Å². The predicted molar refractivity (Wildman–Crippen MR) is 43.6 cm³/mol. The van der Waals surface area contributed by atoms with Gasteiger partial charge < -0.3 is 10.5 Å². The lowest BCUT2D eigenvalue weighted by molar-refractivity contribution is 0.233. The molecule has 10 heavy (non-hydrogen) atoms. The maximum Gasteiger partial charge on any atom is 0.0873 e. The first-order valence-corrected chi connectivity index (χ1v) is 3.57. The smallest absolute Gasteiger partial charge is 0.0873 e. The molecule has 0 rings (SSSR count). The Balaban J connectivity index is 3.12. The molecule has 0 saturated carbocycles. The molecule has 0 aromatic rings. The van der Waals surface area contributed by atoms with Crippen LogP contribution in [-0.2, 0) is 4.74 Å². The molecular weight excluding hydrogens is 126 g/mol. The topological polar surface area (TPSA) is 35.2 Å². The molecule has 2 nitrogen and oxygen atoms in total. The molecular formula is C8H17NO. The van der Waals surface area contributed by atoms with Crippen LogP contribution in [0.25, 0.3) is 0 Å². The summed E-state index contributed by atoms with van der Waals surface area (Å²) < 4.78 is 4.94. The van der Waals surface area contributed by atoms with E-state index in [2.05, 4.69) is 6.58 Å². The Bertz CT molecular complexity index is 93.9. The summed E-state index contributed by atoms with van der Waals surface area (Å²) in [6, 6.07) is 0. The van der Waals surface area contributed by atoms with Crippen molar-refractivity contribution in [1.82, 2.24) is 0 Å². The summed E-state index contributed by atoms with van der Waals surface area (Å²) in [5.74, 6) is 0. The highest BCUT2D eigenvalue weighted by atomic mass is 16.5. The summed E-state index contributed by atoms with van der Waals surface area (Å²) in [5.41, 5.74) is 5.67. The average molecular weight is 143 g/mol. The van der Waals surface area contributed by atoms with E-state index >= 15 is 0 Å². The van der Waals surface area contributed by atoms with Crippen molar-refractivity contribution in [3.63, 3.8) is 0 Å². The van der Waals surface area contributed by atoms with Crippen LogP contribution in [0.3, 0.4) is 0 Å². The van der Waals surface area contributed by atoms with Crippen molar-refractivity contribution in [1.29, 1.82) is 0 Å². The van der Waals surface area contributed by atoms with E-state index in [9.17, 15) is 0 Å². The van der Waals surface area contributed by atoms with E-state index in [0.717, 1.165) is 19.4 Å². The number of hydrogen-bond acceptors (Lipinski definition) is 2. The Morgan fingerprint density at radius 1 is 1.60 bits per heavy atom. The molecule has 0 aromatic heterocycles. The SMILES string of the molecule is C=COCCCC(C)(C)N. The van der Waals surface area contributed by atoms with E-state index in [0.29, 0.717) is 0 Å². The van der Waals surface area contributed by atoms with E-state index in [1.807, 2.05) is 13.8 Å². The molecule has 0 amide bonds. The monoisotopic (exact) mass is 143 g/mol. The molecule has 0 aliphatic rings. The lowest BCUT2D eigenvalue weighted by Gasteiger charge is -2.17. The fraction of sp³-hybridized carbons (Fsp3) is 0.750. The van der Waals surface area contributed by atoms with Crippen LogP contribution in [0.4, 0.5) is 0 Å². The minimum Gasteiger partial charge on any atom is -0.502 e. The third-order valence-corrected chi connectivity index (χ3v) is 1.20. The standard InChI is InChI=1S/C8H17NO/c1-4-10-7-5-6-8(2,3)9/h4H,1,5-7,9H2,2-3H3. The zero-order chi connectivity index (χ0) is 8.04. The van der Waals surface area contributed by atoms with Gasteiger partial charge in [0.1, 0.15) is 0 Å². The van der Waals surface area contributed by atoms with Gasteiger partial charge in [0.15, 0.2) is 0 Å². The summed E-state index contributed by atoms with van der Waals surface area (Å²) in [5, 5.41) is 0. The summed E-state index contributed by atoms with van der Waals surface area (Å²) >= 11 is 0. The van der Waals surface area contributed by atoms with Gasteiger partial charge in [-0.25, -0.2) is 0 Å². The van der Waals surface area contributed by atoms with Gasteiger partial charge in [-0.2, -0.15) is 0 Å². The highest BCUT2D eigenvalue weighted by Crippen LogP contribution is 2.06. The van der Waals surface area contributed by atoms with Crippen molar-refractivity contribution < 1.29 is 4.74 Å². The van der Waals surface area contributed by atoms with Crippen molar-refractivity contribution >= 4 is 0 Å². The molecule has 2 N–H and O–H groups in total. The zero-order valence-electron chi connectivity index (χ0n) is 6.89. The molecule has 0 atom stereocenters. The van der Waals surface area contributed by atoms with E-state index in [-0.39, 0.29) is 5.54 Å². The van der Waals surface area contributed by atoms with Crippen LogP contribution in [0.1, 0.15) is 26.7 Å². The van der Waals surface area contributed by atoms with Gasteiger partial charge >= 0.3 is 0 Å². The van der Waals surface area contributed by atoms with E-state index in [1.165, 1.54) is 6.26 Å². The van der Waals surface area contributed by atoms with Crippen LogP contribution in [0.2, 0.25) is 0 Å². The molecule has 0 spiro atoms. The zero-order valence-corrected chi connectivity index (χ0v) is 6.89. The quantitative estimate of drug-likeness (QED) is 0.469. The fourth-order valence-electron chi connectivity index (χ4n) is 0.694. The van der Waals surface area contributed by atoms with Gasteiger partial charge in [0.25, 0.3) is 0 Å². The maximum atomic E-state index is 5.74. The largest absolute Gasteiger partial charge is 0.502 e. The minimum atomic E-state index is -0.0650. The number of hydrogen-bond donors (Lipinski definition) is 1. The Morgan fingerprint density at radius 3 is 2.60 bits per heavy atom. The molecule has 0 saturated heterocycles. The second-order valence-electron chi connectivity index (χ2n) is 3.13. The fourth-order valence-corrected chi connectivity index (χ4v) is 0.694. The summed E-state index contributed by atoms with van der Waals surface area (Å²) in [6.07, 6.45) is 3.44. The summed E-state index contributed by atoms with van der Waals surface area (Å²) in [6.45, 7) is 8.20. The Hall–Kier alpha value is -0.500. The minimum absolute atomic E-state index is 0.0650. The third kappa shape index (κ3) is 7.50. The highest BCUT2D eigenvalue weighted by Gasteiger charge is 2.08. The van der Waals surface area contributed by atoms with Gasteiger partial charge in [-0.3, -0.25) is 0 Å². The van der Waals surface area contributed by atoms with Gasteiger partial charge in [-0.1, -0.05) is 6.58 Å². The molecule has 60 valence electrons. The Kier molecular flexibility index (Phi) is 4.12. The van der Waals surface area contributed by atoms with E-state index in [1.54, 1.807) is 0 Å². The summed E-state index contributed by atoms with van der Waals surface area (Å²) in [7, 11) is 0. The van der Waals surface area contributed by atoms with Crippen molar-refractivity contribution in [3.05, 3.63) is 12.8 Å². The average Bonchev–Trinajstić information content (AvgIpc) is 1.78. The van der Waals surface area contributed by atoms with E-state index in [4.69, 9.17) is 10.5 Å². The van der Waals surface area contributed by atoms with Gasteiger partial charge in [0, 0.05) is 5.54 Å². The molecule has 0 aliphatic carbocycles. The van der Waals surface area contributed by atoms with Crippen LogP contribution >= 0.6 is 0 Å².